The number of aliphatic carboxylic acids is 2. The predicted octanol–water partition coefficient (Wildman–Crippen LogP) is 1.82. The molecule has 2 rings (SSSR count). The summed E-state index contributed by atoms with van der Waals surface area (Å²) in [4.78, 5) is 33.9. The molecule has 0 unspecified atom stereocenters. The SMILES string of the molecule is N[C@H](C(=O)O)[C@H](OCc1cccc(NC(=O)OCc2ccccc2)c1)C(=O)O. The molecule has 9 nitrogen and oxygen atoms in total. The van der Waals surface area contributed by atoms with E-state index in [1.54, 1.807) is 24.3 Å². The maximum atomic E-state index is 11.9. The molecule has 0 aromatic heterocycles. The number of carboxylic acids is 2. The highest BCUT2D eigenvalue weighted by Crippen LogP contribution is 2.14. The van der Waals surface area contributed by atoms with Crippen molar-refractivity contribution >= 4 is 23.7 Å². The van der Waals surface area contributed by atoms with E-state index < -0.39 is 30.2 Å². The van der Waals surface area contributed by atoms with Gasteiger partial charge in [-0.25, -0.2) is 9.59 Å². The molecule has 0 aliphatic rings. The van der Waals surface area contributed by atoms with Gasteiger partial charge in [-0.1, -0.05) is 42.5 Å². The first-order valence-corrected chi connectivity index (χ1v) is 8.26. The Morgan fingerprint density at radius 3 is 2.25 bits per heavy atom. The van der Waals surface area contributed by atoms with Crippen LogP contribution in [0.5, 0.6) is 0 Å². The van der Waals surface area contributed by atoms with Gasteiger partial charge in [-0.3, -0.25) is 10.1 Å². The van der Waals surface area contributed by atoms with Crippen LogP contribution >= 0.6 is 0 Å². The predicted molar refractivity (Wildman–Crippen MR) is 98.5 cm³/mol. The standard InChI is InChI=1S/C19H20N2O7/c20-15(17(22)23)16(18(24)25)27-11-13-7-4-8-14(9-13)21-19(26)28-10-12-5-2-1-3-6-12/h1-9,15-16H,10-11,20H2,(H,21,26)(H,22,23)(H,24,25)/t15-,16-/m0/s1. The van der Waals surface area contributed by atoms with E-state index in [9.17, 15) is 14.4 Å². The summed E-state index contributed by atoms with van der Waals surface area (Å²) in [5.41, 5.74) is 7.09. The summed E-state index contributed by atoms with van der Waals surface area (Å²) in [6.07, 6.45) is -2.36. The zero-order chi connectivity index (χ0) is 20.5. The number of anilines is 1. The number of ether oxygens (including phenoxy) is 2. The van der Waals surface area contributed by atoms with Crippen molar-refractivity contribution in [1.29, 1.82) is 0 Å². The fourth-order valence-electron chi connectivity index (χ4n) is 2.26. The van der Waals surface area contributed by atoms with Crippen molar-refractivity contribution in [1.82, 2.24) is 0 Å². The zero-order valence-electron chi connectivity index (χ0n) is 14.8. The Hall–Kier alpha value is -3.43. The van der Waals surface area contributed by atoms with Gasteiger partial charge >= 0.3 is 18.0 Å². The van der Waals surface area contributed by atoms with E-state index >= 15 is 0 Å². The number of rotatable bonds is 9. The zero-order valence-corrected chi connectivity index (χ0v) is 14.8. The van der Waals surface area contributed by atoms with Crippen molar-refractivity contribution in [3.05, 3.63) is 65.7 Å². The van der Waals surface area contributed by atoms with E-state index in [0.717, 1.165) is 5.56 Å². The minimum absolute atomic E-state index is 0.114. The summed E-state index contributed by atoms with van der Waals surface area (Å²) in [5, 5.41) is 20.5. The molecule has 0 radical (unpaired) electrons. The molecule has 0 bridgehead atoms. The average Bonchev–Trinajstić information content (AvgIpc) is 2.67. The van der Waals surface area contributed by atoms with Crippen molar-refractivity contribution in [3.63, 3.8) is 0 Å². The molecule has 0 aliphatic carbocycles. The van der Waals surface area contributed by atoms with Gasteiger partial charge in [0.15, 0.2) is 6.10 Å². The Bertz CT molecular complexity index is 826. The summed E-state index contributed by atoms with van der Waals surface area (Å²) in [6, 6.07) is 13.9. The second-order valence-electron chi connectivity index (χ2n) is 5.82. The Morgan fingerprint density at radius 2 is 1.61 bits per heavy atom. The van der Waals surface area contributed by atoms with E-state index in [1.807, 2.05) is 30.3 Å². The normalized spacial score (nSPS) is 12.6. The van der Waals surface area contributed by atoms with Crippen LogP contribution in [0.4, 0.5) is 10.5 Å². The highest BCUT2D eigenvalue weighted by molar-refractivity contribution is 5.85. The molecule has 1 amide bonds. The molecular weight excluding hydrogens is 368 g/mol. The van der Waals surface area contributed by atoms with Crippen LogP contribution in [0.25, 0.3) is 0 Å². The van der Waals surface area contributed by atoms with E-state index in [4.69, 9.17) is 25.4 Å². The van der Waals surface area contributed by atoms with E-state index in [1.165, 1.54) is 0 Å². The molecular formula is C19H20N2O7. The highest BCUT2D eigenvalue weighted by Gasteiger charge is 2.31. The van der Waals surface area contributed by atoms with Crippen LogP contribution in [0.1, 0.15) is 11.1 Å². The van der Waals surface area contributed by atoms with Crippen molar-refractivity contribution in [2.24, 2.45) is 5.73 Å². The number of carbonyl (C=O) groups excluding carboxylic acids is 1. The number of amides is 1. The van der Waals surface area contributed by atoms with Gasteiger partial charge in [0.1, 0.15) is 12.6 Å². The minimum atomic E-state index is -1.70. The van der Waals surface area contributed by atoms with Gasteiger partial charge < -0.3 is 25.4 Å². The quantitative estimate of drug-likeness (QED) is 0.508. The van der Waals surface area contributed by atoms with Gasteiger partial charge in [-0.15, -0.1) is 0 Å². The molecule has 148 valence electrons. The third-order valence-corrected chi connectivity index (χ3v) is 3.67. The number of nitrogens with one attached hydrogen (secondary N) is 1. The van der Waals surface area contributed by atoms with Crippen molar-refractivity contribution < 1.29 is 34.1 Å². The summed E-state index contributed by atoms with van der Waals surface area (Å²) in [7, 11) is 0. The van der Waals surface area contributed by atoms with Crippen LogP contribution in [-0.2, 0) is 32.3 Å². The lowest BCUT2D eigenvalue weighted by Gasteiger charge is -2.17. The maximum absolute atomic E-state index is 11.9. The number of hydrogen-bond acceptors (Lipinski definition) is 6. The first kappa shape index (κ1) is 20.9. The third kappa shape index (κ3) is 6.38. The van der Waals surface area contributed by atoms with E-state index in [-0.39, 0.29) is 13.2 Å². The molecule has 28 heavy (non-hydrogen) atoms. The highest BCUT2D eigenvalue weighted by atomic mass is 16.5. The molecule has 0 aliphatic heterocycles. The summed E-state index contributed by atoms with van der Waals surface area (Å²) in [6.45, 7) is -0.0879. The van der Waals surface area contributed by atoms with Crippen molar-refractivity contribution in [3.8, 4) is 0 Å². The summed E-state index contributed by atoms with van der Waals surface area (Å²) >= 11 is 0. The number of carboxylic acid groups (broad SMARTS) is 2. The minimum Gasteiger partial charge on any atom is -0.480 e. The molecule has 2 atom stereocenters. The second kappa shape index (κ2) is 10.0. The van der Waals surface area contributed by atoms with Crippen LogP contribution in [0.3, 0.4) is 0 Å². The van der Waals surface area contributed by atoms with E-state index in [2.05, 4.69) is 5.32 Å². The van der Waals surface area contributed by atoms with Gasteiger partial charge in [-0.05, 0) is 23.3 Å². The van der Waals surface area contributed by atoms with Crippen LogP contribution < -0.4 is 11.1 Å². The molecule has 0 saturated heterocycles. The van der Waals surface area contributed by atoms with Gasteiger partial charge in [-0.2, -0.15) is 0 Å². The molecule has 0 saturated carbocycles. The molecule has 0 spiro atoms. The van der Waals surface area contributed by atoms with Gasteiger partial charge in [0, 0.05) is 5.69 Å². The Balaban J connectivity index is 1.91. The topological polar surface area (TPSA) is 148 Å². The fourth-order valence-corrected chi connectivity index (χ4v) is 2.26. The first-order valence-electron chi connectivity index (χ1n) is 8.26. The third-order valence-electron chi connectivity index (χ3n) is 3.67. The van der Waals surface area contributed by atoms with Crippen LogP contribution in [0.2, 0.25) is 0 Å². The van der Waals surface area contributed by atoms with Gasteiger partial charge in [0.05, 0.1) is 6.61 Å². The van der Waals surface area contributed by atoms with Gasteiger partial charge in [0.2, 0.25) is 0 Å². The summed E-state index contributed by atoms with van der Waals surface area (Å²) < 4.78 is 10.2. The van der Waals surface area contributed by atoms with Gasteiger partial charge in [0.25, 0.3) is 0 Å². The molecule has 0 fully saturated rings. The molecule has 9 heteroatoms. The van der Waals surface area contributed by atoms with Crippen molar-refractivity contribution in [2.75, 3.05) is 5.32 Å². The molecule has 0 heterocycles. The van der Waals surface area contributed by atoms with E-state index in [0.29, 0.717) is 11.3 Å². The number of nitrogens with two attached hydrogens (primary N) is 1. The molecule has 5 N–H and O–H groups in total. The largest absolute Gasteiger partial charge is 0.480 e. The van der Waals surface area contributed by atoms with Crippen LogP contribution in [0, 0.1) is 0 Å². The maximum Gasteiger partial charge on any atom is 0.411 e. The Labute approximate surface area is 160 Å². The number of benzene rings is 2. The monoisotopic (exact) mass is 388 g/mol. The van der Waals surface area contributed by atoms with Crippen molar-refractivity contribution in [2.45, 2.75) is 25.4 Å². The second-order valence-corrected chi connectivity index (χ2v) is 5.82. The lowest BCUT2D eigenvalue weighted by molar-refractivity contribution is -0.159. The summed E-state index contributed by atoms with van der Waals surface area (Å²) in [5.74, 6) is -2.96. The molecule has 2 aromatic rings. The Kier molecular flexibility index (Phi) is 7.49. The number of carbonyl (C=O) groups is 3. The fraction of sp³-hybridized carbons (Fsp3) is 0.211. The Morgan fingerprint density at radius 1 is 0.929 bits per heavy atom. The lowest BCUT2D eigenvalue weighted by Crippen LogP contribution is -2.47. The lowest BCUT2D eigenvalue weighted by atomic mass is 10.1. The first-order chi connectivity index (χ1) is 13.4. The number of hydrogen-bond donors (Lipinski definition) is 4. The average molecular weight is 388 g/mol. The molecule has 2 aromatic carbocycles. The van der Waals surface area contributed by atoms with Crippen LogP contribution in [-0.4, -0.2) is 40.4 Å². The smallest absolute Gasteiger partial charge is 0.411 e. The van der Waals surface area contributed by atoms with Crippen LogP contribution in [0.15, 0.2) is 54.6 Å².